The lowest BCUT2D eigenvalue weighted by atomic mass is 9.95. The van der Waals surface area contributed by atoms with Crippen molar-refractivity contribution in [2.75, 3.05) is 21.3 Å². The number of alkyl halides is 6. The van der Waals surface area contributed by atoms with Crippen LogP contribution in [0.15, 0.2) is 18.2 Å². The SMILES string of the molecule is COC(=O)C[C@H](C(=O)OC)[C@@H](NC(=O)Cc1cc(C(F)(F)F)cc(C(F)(F)F)c1)C(=O)OC. The first kappa shape index (κ1) is 27.7. The van der Waals surface area contributed by atoms with Gasteiger partial charge in [-0.05, 0) is 23.8 Å². The van der Waals surface area contributed by atoms with Crippen molar-refractivity contribution in [2.24, 2.45) is 5.92 Å². The van der Waals surface area contributed by atoms with E-state index in [1.165, 1.54) is 0 Å². The van der Waals surface area contributed by atoms with Crippen LogP contribution < -0.4 is 5.32 Å². The van der Waals surface area contributed by atoms with E-state index in [0.29, 0.717) is 12.1 Å². The highest BCUT2D eigenvalue weighted by Crippen LogP contribution is 2.36. The highest BCUT2D eigenvalue weighted by Gasteiger charge is 2.40. The molecule has 1 rings (SSSR count). The number of benzene rings is 1. The van der Waals surface area contributed by atoms with E-state index in [1.807, 2.05) is 5.32 Å². The minimum atomic E-state index is -5.13. The standard InChI is InChI=1S/C19H19F6NO7/c1-31-14(28)8-12(16(29)32-2)15(17(30)33-3)26-13(27)6-9-4-10(18(20,21)22)7-11(5-9)19(23,24)25/h4-5,7,12,15H,6,8H2,1-3H3,(H,26,27)/t12-,15+/m0/s1. The summed E-state index contributed by atoms with van der Waals surface area (Å²) in [7, 11) is 2.79. The molecule has 14 heteroatoms. The highest BCUT2D eigenvalue weighted by atomic mass is 19.4. The Hall–Kier alpha value is -3.32. The highest BCUT2D eigenvalue weighted by molar-refractivity contribution is 5.91. The lowest BCUT2D eigenvalue weighted by Crippen LogP contribution is -2.50. The van der Waals surface area contributed by atoms with E-state index >= 15 is 0 Å². The predicted octanol–water partition coefficient (Wildman–Crippen LogP) is 2.28. The second-order valence-corrected chi connectivity index (χ2v) is 6.57. The molecule has 8 nitrogen and oxygen atoms in total. The number of esters is 3. The van der Waals surface area contributed by atoms with Gasteiger partial charge in [-0.25, -0.2) is 4.79 Å². The zero-order chi connectivity index (χ0) is 25.6. The smallest absolute Gasteiger partial charge is 0.416 e. The number of methoxy groups -OCH3 is 3. The summed E-state index contributed by atoms with van der Waals surface area (Å²) >= 11 is 0. The van der Waals surface area contributed by atoms with Crippen molar-refractivity contribution in [1.29, 1.82) is 0 Å². The third kappa shape index (κ3) is 7.95. The molecule has 0 unspecified atom stereocenters. The molecule has 33 heavy (non-hydrogen) atoms. The van der Waals surface area contributed by atoms with Crippen molar-refractivity contribution in [3.05, 3.63) is 34.9 Å². The van der Waals surface area contributed by atoms with Gasteiger partial charge in [0.1, 0.15) is 6.04 Å². The molecule has 1 aromatic carbocycles. The molecule has 0 bridgehead atoms. The van der Waals surface area contributed by atoms with Crippen LogP contribution in [0.2, 0.25) is 0 Å². The molecule has 1 N–H and O–H groups in total. The number of halogens is 6. The topological polar surface area (TPSA) is 108 Å². The number of amides is 1. The molecule has 0 aliphatic heterocycles. The lowest BCUT2D eigenvalue weighted by Gasteiger charge is -2.23. The molecule has 1 amide bonds. The fraction of sp³-hybridized carbons (Fsp3) is 0.474. The Morgan fingerprint density at radius 2 is 1.30 bits per heavy atom. The molecule has 0 fully saturated rings. The molecular formula is C19H19F6NO7. The number of carbonyl (C=O) groups excluding carboxylic acids is 4. The molecule has 1 aromatic rings. The molecule has 0 saturated heterocycles. The summed E-state index contributed by atoms with van der Waals surface area (Å²) in [6, 6.07) is -1.27. The maximum atomic E-state index is 13.0. The first-order valence-corrected chi connectivity index (χ1v) is 8.94. The van der Waals surface area contributed by atoms with Gasteiger partial charge in [0, 0.05) is 0 Å². The summed E-state index contributed by atoms with van der Waals surface area (Å²) in [6.07, 6.45) is -12.0. The van der Waals surface area contributed by atoms with Gasteiger partial charge in [0.15, 0.2) is 0 Å². The Labute approximate surface area is 183 Å². The van der Waals surface area contributed by atoms with Crippen molar-refractivity contribution in [2.45, 2.75) is 31.2 Å². The number of carbonyl (C=O) groups is 4. The molecule has 2 atom stereocenters. The summed E-state index contributed by atoms with van der Waals surface area (Å²) < 4.78 is 91.4. The Kier molecular flexibility index (Phi) is 9.24. The molecule has 0 aliphatic rings. The van der Waals surface area contributed by atoms with Gasteiger partial charge in [-0.3, -0.25) is 14.4 Å². The van der Waals surface area contributed by atoms with Gasteiger partial charge < -0.3 is 19.5 Å². The van der Waals surface area contributed by atoms with Crippen LogP contribution in [0.3, 0.4) is 0 Å². The molecule has 184 valence electrons. The summed E-state index contributed by atoms with van der Waals surface area (Å²) in [4.78, 5) is 48.1. The van der Waals surface area contributed by atoms with Gasteiger partial charge in [0.2, 0.25) is 5.91 Å². The monoisotopic (exact) mass is 487 g/mol. The van der Waals surface area contributed by atoms with Crippen LogP contribution in [0.1, 0.15) is 23.1 Å². The fourth-order valence-corrected chi connectivity index (χ4v) is 2.73. The maximum Gasteiger partial charge on any atom is 0.416 e. The number of hydrogen-bond donors (Lipinski definition) is 1. The zero-order valence-corrected chi connectivity index (χ0v) is 17.4. The van der Waals surface area contributed by atoms with Crippen LogP contribution in [-0.4, -0.2) is 51.2 Å². The predicted molar refractivity (Wildman–Crippen MR) is 96.2 cm³/mol. The second kappa shape index (κ2) is 11.0. The number of nitrogens with one attached hydrogen (secondary N) is 1. The molecule has 0 saturated carbocycles. The molecule has 0 aromatic heterocycles. The normalized spacial score (nSPS) is 13.5. The van der Waals surface area contributed by atoms with E-state index in [0.717, 1.165) is 21.3 Å². The van der Waals surface area contributed by atoms with Crippen molar-refractivity contribution >= 4 is 23.8 Å². The molecule has 0 aliphatic carbocycles. The van der Waals surface area contributed by atoms with Gasteiger partial charge in [0.05, 0.1) is 51.2 Å². The van der Waals surface area contributed by atoms with Gasteiger partial charge in [-0.15, -0.1) is 0 Å². The van der Waals surface area contributed by atoms with Crippen molar-refractivity contribution in [1.82, 2.24) is 5.32 Å². The Morgan fingerprint density at radius 1 is 0.818 bits per heavy atom. The van der Waals surface area contributed by atoms with Gasteiger partial charge in [0.25, 0.3) is 0 Å². The average molecular weight is 487 g/mol. The zero-order valence-electron chi connectivity index (χ0n) is 17.4. The number of rotatable bonds is 8. The molecule has 0 spiro atoms. The van der Waals surface area contributed by atoms with Crippen LogP contribution in [0.4, 0.5) is 26.3 Å². The Balaban J connectivity index is 3.27. The third-order valence-corrected chi connectivity index (χ3v) is 4.30. The summed E-state index contributed by atoms with van der Waals surface area (Å²) in [5.74, 6) is -6.19. The number of hydrogen-bond acceptors (Lipinski definition) is 7. The van der Waals surface area contributed by atoms with E-state index in [1.54, 1.807) is 0 Å². The summed E-state index contributed by atoms with van der Waals surface area (Å²) in [5, 5.41) is 1.99. The van der Waals surface area contributed by atoms with Crippen molar-refractivity contribution in [3.8, 4) is 0 Å². The molecule has 0 heterocycles. The van der Waals surface area contributed by atoms with Crippen LogP contribution in [0.25, 0.3) is 0 Å². The van der Waals surface area contributed by atoms with Crippen LogP contribution in [-0.2, 0) is 52.2 Å². The lowest BCUT2D eigenvalue weighted by molar-refractivity contribution is -0.159. The minimum absolute atomic E-state index is 0.109. The quantitative estimate of drug-likeness (QED) is 0.341. The fourth-order valence-electron chi connectivity index (χ4n) is 2.73. The first-order valence-electron chi connectivity index (χ1n) is 8.94. The minimum Gasteiger partial charge on any atom is -0.469 e. The van der Waals surface area contributed by atoms with Gasteiger partial charge in [-0.2, -0.15) is 26.3 Å². The number of ether oxygens (including phenoxy) is 3. The largest absolute Gasteiger partial charge is 0.469 e. The van der Waals surface area contributed by atoms with Gasteiger partial charge in [-0.1, -0.05) is 0 Å². The summed E-state index contributed by atoms with van der Waals surface area (Å²) in [6.45, 7) is 0. The third-order valence-electron chi connectivity index (χ3n) is 4.30. The van der Waals surface area contributed by atoms with E-state index in [-0.39, 0.29) is 6.07 Å². The van der Waals surface area contributed by atoms with Crippen LogP contribution in [0.5, 0.6) is 0 Å². The maximum absolute atomic E-state index is 13.0. The molecular weight excluding hydrogens is 468 g/mol. The average Bonchev–Trinajstić information content (AvgIpc) is 2.73. The van der Waals surface area contributed by atoms with E-state index in [9.17, 15) is 45.5 Å². The van der Waals surface area contributed by atoms with E-state index in [2.05, 4.69) is 14.2 Å². The summed E-state index contributed by atoms with van der Waals surface area (Å²) in [5.41, 5.74) is -3.94. The van der Waals surface area contributed by atoms with Gasteiger partial charge >= 0.3 is 30.3 Å². The van der Waals surface area contributed by atoms with Crippen molar-refractivity contribution in [3.63, 3.8) is 0 Å². The first-order chi connectivity index (χ1) is 15.1. The van der Waals surface area contributed by atoms with Crippen molar-refractivity contribution < 1.29 is 59.7 Å². The van der Waals surface area contributed by atoms with E-state index < -0.39 is 77.7 Å². The van der Waals surface area contributed by atoms with Crippen LogP contribution >= 0.6 is 0 Å². The Bertz CT molecular complexity index is 865. The Morgan fingerprint density at radius 3 is 1.70 bits per heavy atom. The van der Waals surface area contributed by atoms with Crippen LogP contribution in [0, 0.1) is 5.92 Å². The second-order valence-electron chi connectivity index (χ2n) is 6.57. The van der Waals surface area contributed by atoms with E-state index in [4.69, 9.17) is 0 Å². The molecule has 0 radical (unpaired) electrons.